The molecule has 1 aliphatic rings. The zero-order valence-corrected chi connectivity index (χ0v) is 25.0. The molecule has 2 aromatic heterocycles. The van der Waals surface area contributed by atoms with Gasteiger partial charge in [-0.05, 0) is 57.8 Å². The second kappa shape index (κ2) is 10.5. The molecule has 0 atom stereocenters. The number of furan rings is 1. The van der Waals surface area contributed by atoms with Gasteiger partial charge in [0.25, 0.3) is 0 Å². The lowest BCUT2D eigenvalue weighted by molar-refractivity contribution is 0.669. The molecule has 47 heavy (non-hydrogen) atoms. The fraction of sp³-hybridized carbons (Fsp3) is 0. The average molecular weight is 604 g/mol. The van der Waals surface area contributed by atoms with Crippen molar-refractivity contribution < 1.29 is 4.42 Å². The maximum absolute atomic E-state index is 8.72. The van der Waals surface area contributed by atoms with E-state index in [9.17, 15) is 0 Å². The summed E-state index contributed by atoms with van der Waals surface area (Å²) in [7, 11) is 0. The van der Waals surface area contributed by atoms with Gasteiger partial charge < -0.3 is 4.42 Å². The van der Waals surface area contributed by atoms with Crippen molar-refractivity contribution in [3.05, 3.63) is 145 Å². The van der Waals surface area contributed by atoms with Crippen molar-refractivity contribution in [1.82, 2.24) is 15.0 Å². The van der Waals surface area contributed by atoms with E-state index in [1.54, 1.807) is 6.08 Å². The Labute approximate surface area is 269 Å². The number of hydrogen-bond donors (Lipinski definition) is 2. The molecule has 0 aliphatic heterocycles. The Bertz CT molecular complexity index is 2620. The molecule has 220 valence electrons. The quantitative estimate of drug-likeness (QED) is 0.209. The van der Waals surface area contributed by atoms with Gasteiger partial charge in [-0.3, -0.25) is 10.8 Å². The number of benzene rings is 6. The van der Waals surface area contributed by atoms with Gasteiger partial charge in [0.1, 0.15) is 11.2 Å². The van der Waals surface area contributed by atoms with Crippen LogP contribution in [0.2, 0.25) is 0 Å². The minimum atomic E-state index is 0.193. The summed E-state index contributed by atoms with van der Waals surface area (Å²) in [5.41, 5.74) is 8.35. The van der Waals surface area contributed by atoms with Gasteiger partial charge in [0.05, 0.1) is 11.4 Å². The van der Waals surface area contributed by atoms with Crippen LogP contribution in [0.15, 0.2) is 138 Å². The van der Waals surface area contributed by atoms with Crippen LogP contribution in [0.3, 0.4) is 0 Å². The highest BCUT2D eigenvalue weighted by Crippen LogP contribution is 2.37. The van der Waals surface area contributed by atoms with Crippen LogP contribution >= 0.6 is 0 Å². The maximum atomic E-state index is 8.72. The van der Waals surface area contributed by atoms with Crippen LogP contribution in [0.5, 0.6) is 0 Å². The molecule has 6 aromatic carbocycles. The summed E-state index contributed by atoms with van der Waals surface area (Å²) in [6.45, 7) is 0. The summed E-state index contributed by atoms with van der Waals surface area (Å²) in [5.74, 6) is 1.62. The number of nitrogens with one attached hydrogen (secondary N) is 2. The monoisotopic (exact) mass is 603 g/mol. The van der Waals surface area contributed by atoms with Gasteiger partial charge in [-0.25, -0.2) is 15.0 Å². The van der Waals surface area contributed by atoms with Gasteiger partial charge >= 0.3 is 0 Å². The van der Waals surface area contributed by atoms with Crippen molar-refractivity contribution in [1.29, 1.82) is 10.8 Å². The molecule has 2 N–H and O–H groups in total. The third-order valence-electron chi connectivity index (χ3n) is 8.77. The van der Waals surface area contributed by atoms with Crippen LogP contribution < -0.4 is 0 Å². The van der Waals surface area contributed by atoms with Gasteiger partial charge in [-0.15, -0.1) is 0 Å². The summed E-state index contributed by atoms with van der Waals surface area (Å²) in [4.78, 5) is 15.2. The summed E-state index contributed by atoms with van der Waals surface area (Å²) < 4.78 is 6.21. The highest BCUT2D eigenvalue weighted by atomic mass is 16.3. The van der Waals surface area contributed by atoms with Crippen LogP contribution in [0, 0.1) is 10.8 Å². The minimum absolute atomic E-state index is 0.193. The molecule has 6 heteroatoms. The van der Waals surface area contributed by atoms with E-state index in [4.69, 9.17) is 30.2 Å². The first-order valence-corrected chi connectivity index (χ1v) is 15.4. The molecule has 0 amide bonds. The molecule has 0 spiro atoms. The normalized spacial score (nSPS) is 12.7. The first-order valence-electron chi connectivity index (χ1n) is 15.4. The summed E-state index contributed by atoms with van der Waals surface area (Å²) in [6.07, 6.45) is 3.57. The Morgan fingerprint density at radius 2 is 1.17 bits per heavy atom. The number of nitrogens with zero attached hydrogens (tertiary/aromatic N) is 3. The number of hydrogen-bond acceptors (Lipinski definition) is 6. The zero-order valence-electron chi connectivity index (χ0n) is 25.0. The number of allylic oxidation sites excluding steroid dienone is 1. The van der Waals surface area contributed by atoms with E-state index in [1.807, 2.05) is 97.1 Å². The molecule has 0 saturated carbocycles. The summed E-state index contributed by atoms with van der Waals surface area (Å²) >= 11 is 0. The molecule has 8 aromatic rings. The summed E-state index contributed by atoms with van der Waals surface area (Å²) in [5, 5.41) is 20.8. The molecule has 0 unspecified atom stereocenters. The lowest BCUT2D eigenvalue weighted by Crippen LogP contribution is -2.16. The molecular weight excluding hydrogens is 578 g/mol. The van der Waals surface area contributed by atoms with Crippen molar-refractivity contribution in [2.45, 2.75) is 0 Å². The summed E-state index contributed by atoms with van der Waals surface area (Å²) in [6, 6.07) is 42.6. The van der Waals surface area contributed by atoms with Crippen LogP contribution in [0.25, 0.3) is 84.1 Å². The van der Waals surface area contributed by atoms with Gasteiger partial charge in [0.15, 0.2) is 17.5 Å². The van der Waals surface area contributed by atoms with Crippen LogP contribution in [0.1, 0.15) is 11.1 Å². The van der Waals surface area contributed by atoms with Gasteiger partial charge in [0, 0.05) is 33.0 Å². The standard InChI is InChI=1S/C41H25N5O/c42-33-21-20-26-18-16-25-17-19-29(23-32(25)36(26)38(33)43)40-44-39(28-11-6-10-27(22-28)24-8-2-1-3-9-24)45-41(46-40)31-13-7-15-35-37(31)30-12-4-5-14-34(30)47-35/h1-23,42-43H. The molecule has 0 fully saturated rings. The van der Waals surface area contributed by atoms with E-state index in [1.165, 1.54) is 0 Å². The zero-order chi connectivity index (χ0) is 31.5. The van der Waals surface area contributed by atoms with Crippen molar-refractivity contribution >= 4 is 50.2 Å². The van der Waals surface area contributed by atoms with Crippen LogP contribution in [0.4, 0.5) is 0 Å². The number of fused-ring (bicyclic) bond motifs is 6. The van der Waals surface area contributed by atoms with E-state index < -0.39 is 0 Å². The Balaban J connectivity index is 1.29. The average Bonchev–Trinajstić information content (AvgIpc) is 3.52. The van der Waals surface area contributed by atoms with E-state index in [2.05, 4.69) is 36.4 Å². The fourth-order valence-corrected chi connectivity index (χ4v) is 6.47. The van der Waals surface area contributed by atoms with Crippen molar-refractivity contribution in [3.63, 3.8) is 0 Å². The molecule has 2 heterocycles. The predicted molar refractivity (Wildman–Crippen MR) is 190 cm³/mol. The first-order chi connectivity index (χ1) is 23.1. The Morgan fingerprint density at radius 1 is 0.489 bits per heavy atom. The Morgan fingerprint density at radius 3 is 2.04 bits per heavy atom. The topological polar surface area (TPSA) is 99.5 Å². The molecule has 0 saturated heterocycles. The van der Waals surface area contributed by atoms with Crippen molar-refractivity contribution in [3.8, 4) is 45.3 Å². The van der Waals surface area contributed by atoms with Gasteiger partial charge in [-0.2, -0.15) is 0 Å². The molecule has 0 bridgehead atoms. The van der Waals surface area contributed by atoms with E-state index in [0.29, 0.717) is 17.5 Å². The molecule has 0 radical (unpaired) electrons. The van der Waals surface area contributed by atoms with Crippen LogP contribution in [-0.4, -0.2) is 26.4 Å². The smallest absolute Gasteiger partial charge is 0.164 e. The highest BCUT2D eigenvalue weighted by Gasteiger charge is 2.21. The number of para-hydroxylation sites is 1. The predicted octanol–water partition coefficient (Wildman–Crippen LogP) is 10.0. The van der Waals surface area contributed by atoms with Crippen molar-refractivity contribution in [2.75, 3.05) is 0 Å². The molecule has 1 aliphatic carbocycles. The SMILES string of the molecule is N=C1C=Cc2ccc3ccc(-c4nc(-c5cccc(-c6ccccc6)c5)nc(-c5cccc6oc7ccccc7c56)n4)cc3c2C1=N. The Kier molecular flexibility index (Phi) is 6.01. The lowest BCUT2D eigenvalue weighted by atomic mass is 9.88. The second-order valence-electron chi connectivity index (χ2n) is 11.6. The first kappa shape index (κ1) is 26.8. The molecule has 9 rings (SSSR count). The maximum Gasteiger partial charge on any atom is 0.164 e. The molecule has 6 nitrogen and oxygen atoms in total. The van der Waals surface area contributed by atoms with Crippen LogP contribution in [-0.2, 0) is 0 Å². The van der Waals surface area contributed by atoms with E-state index in [0.717, 1.165) is 71.7 Å². The number of aromatic nitrogens is 3. The molecular formula is C41H25N5O. The minimum Gasteiger partial charge on any atom is -0.456 e. The second-order valence-corrected chi connectivity index (χ2v) is 11.6. The largest absolute Gasteiger partial charge is 0.456 e. The third-order valence-corrected chi connectivity index (χ3v) is 8.77. The Hall–Kier alpha value is -6.53. The number of rotatable bonds is 4. The van der Waals surface area contributed by atoms with Gasteiger partial charge in [0.2, 0.25) is 0 Å². The van der Waals surface area contributed by atoms with E-state index in [-0.39, 0.29) is 11.4 Å². The van der Waals surface area contributed by atoms with Gasteiger partial charge in [-0.1, -0.05) is 109 Å². The third kappa shape index (κ3) is 4.46. The highest BCUT2D eigenvalue weighted by molar-refractivity contribution is 6.53. The lowest BCUT2D eigenvalue weighted by Gasteiger charge is -2.16. The van der Waals surface area contributed by atoms with E-state index >= 15 is 0 Å². The fourth-order valence-electron chi connectivity index (χ4n) is 6.47. The van der Waals surface area contributed by atoms with Crippen molar-refractivity contribution in [2.24, 2.45) is 0 Å².